The Balaban J connectivity index is 3.43. The maximum absolute atomic E-state index is 11.9. The van der Waals surface area contributed by atoms with E-state index in [4.69, 9.17) is 5.73 Å². The Kier molecular flexibility index (Phi) is 3.68. The second-order valence-electron chi connectivity index (χ2n) is 3.98. The van der Waals surface area contributed by atoms with Crippen LogP contribution in [0.5, 0.6) is 0 Å². The van der Waals surface area contributed by atoms with Crippen molar-refractivity contribution < 1.29 is 4.79 Å². The van der Waals surface area contributed by atoms with Crippen LogP contribution in [0.25, 0.3) is 0 Å². The first-order chi connectivity index (χ1) is 6.86. The zero-order chi connectivity index (χ0) is 11.7. The molecular weight excluding hydrogens is 254 g/mol. The molecule has 0 aliphatic rings. The van der Waals surface area contributed by atoms with Gasteiger partial charge in [0.1, 0.15) is 0 Å². The van der Waals surface area contributed by atoms with Crippen molar-refractivity contribution in [3.63, 3.8) is 0 Å². The molecule has 0 fully saturated rings. The van der Waals surface area contributed by atoms with Crippen molar-refractivity contribution in [2.75, 3.05) is 0 Å². The maximum atomic E-state index is 11.9. The Bertz CT molecular complexity index is 411. The van der Waals surface area contributed by atoms with Gasteiger partial charge in [0, 0.05) is 10.0 Å². The lowest BCUT2D eigenvalue weighted by Gasteiger charge is -2.14. The smallest absolute Gasteiger partial charge is 0.179 e. The van der Waals surface area contributed by atoms with E-state index < -0.39 is 6.04 Å². The highest BCUT2D eigenvalue weighted by Crippen LogP contribution is 2.27. The highest BCUT2D eigenvalue weighted by Gasteiger charge is 2.18. The molecule has 0 amide bonds. The topological polar surface area (TPSA) is 43.1 Å². The molecule has 2 nitrogen and oxygen atoms in total. The quantitative estimate of drug-likeness (QED) is 0.840. The number of hydrogen-bond acceptors (Lipinski definition) is 2. The molecule has 3 heteroatoms. The Hall–Kier alpha value is -0.670. The summed E-state index contributed by atoms with van der Waals surface area (Å²) >= 11 is 3.49. The summed E-state index contributed by atoms with van der Waals surface area (Å²) in [6.07, 6.45) is 0. The third-order valence-corrected chi connectivity index (χ3v) is 3.76. The Labute approximate surface area is 99.0 Å². The molecule has 15 heavy (non-hydrogen) atoms. The van der Waals surface area contributed by atoms with Gasteiger partial charge >= 0.3 is 0 Å². The molecule has 0 heterocycles. The van der Waals surface area contributed by atoms with Crippen molar-refractivity contribution in [3.8, 4) is 0 Å². The summed E-state index contributed by atoms with van der Waals surface area (Å²) in [5.41, 5.74) is 9.50. The van der Waals surface area contributed by atoms with Crippen molar-refractivity contribution in [2.24, 2.45) is 5.73 Å². The van der Waals surface area contributed by atoms with Crippen LogP contribution in [-0.4, -0.2) is 11.8 Å². The predicted molar refractivity (Wildman–Crippen MR) is 66.3 cm³/mol. The van der Waals surface area contributed by atoms with E-state index in [1.54, 1.807) is 6.92 Å². The summed E-state index contributed by atoms with van der Waals surface area (Å²) in [5.74, 6) is 0.00528. The van der Waals surface area contributed by atoms with E-state index in [2.05, 4.69) is 15.9 Å². The van der Waals surface area contributed by atoms with Gasteiger partial charge in [-0.05, 0) is 44.4 Å². The number of aryl methyl sites for hydroxylation is 2. The lowest BCUT2D eigenvalue weighted by Crippen LogP contribution is -2.28. The molecule has 1 aromatic rings. The summed E-state index contributed by atoms with van der Waals surface area (Å²) in [5, 5.41) is 0. The van der Waals surface area contributed by atoms with E-state index in [1.165, 1.54) is 0 Å². The fourth-order valence-corrected chi connectivity index (χ4v) is 2.08. The van der Waals surface area contributed by atoms with Gasteiger partial charge in [-0.15, -0.1) is 0 Å². The van der Waals surface area contributed by atoms with Crippen LogP contribution in [0.3, 0.4) is 0 Å². The minimum Gasteiger partial charge on any atom is -0.321 e. The van der Waals surface area contributed by atoms with Gasteiger partial charge in [-0.3, -0.25) is 4.79 Å². The third kappa shape index (κ3) is 2.29. The van der Waals surface area contributed by atoms with Crippen LogP contribution in [0.4, 0.5) is 0 Å². The fourth-order valence-electron chi connectivity index (χ4n) is 1.77. The molecule has 0 saturated carbocycles. The average molecular weight is 270 g/mol. The Morgan fingerprint density at radius 1 is 1.33 bits per heavy atom. The van der Waals surface area contributed by atoms with Gasteiger partial charge < -0.3 is 5.73 Å². The van der Waals surface area contributed by atoms with Gasteiger partial charge in [-0.25, -0.2) is 0 Å². The molecule has 0 bridgehead atoms. The number of ketones is 1. The number of benzene rings is 1. The second-order valence-corrected chi connectivity index (χ2v) is 4.77. The van der Waals surface area contributed by atoms with Gasteiger partial charge in [0.2, 0.25) is 0 Å². The minimum absolute atomic E-state index is 0.00528. The standard InChI is InChI=1S/C12H16BrNO/c1-6-5-7(2)11(13)8(3)10(6)12(15)9(4)14/h5,9H,14H2,1-4H3. The summed E-state index contributed by atoms with van der Waals surface area (Å²) < 4.78 is 0.997. The first kappa shape index (κ1) is 12.4. The molecule has 0 saturated heterocycles. The van der Waals surface area contributed by atoms with Gasteiger partial charge in [0.15, 0.2) is 5.78 Å². The van der Waals surface area contributed by atoms with E-state index in [0.717, 1.165) is 26.7 Å². The summed E-state index contributed by atoms with van der Waals surface area (Å²) in [6.45, 7) is 7.63. The first-order valence-electron chi connectivity index (χ1n) is 4.92. The number of carbonyl (C=O) groups excluding carboxylic acids is 1. The SMILES string of the molecule is Cc1cc(C)c(C(=O)C(C)N)c(C)c1Br. The van der Waals surface area contributed by atoms with Crippen molar-refractivity contribution in [1.29, 1.82) is 0 Å². The van der Waals surface area contributed by atoms with Crippen LogP contribution in [-0.2, 0) is 0 Å². The first-order valence-corrected chi connectivity index (χ1v) is 5.71. The number of hydrogen-bond donors (Lipinski definition) is 1. The average Bonchev–Trinajstić information content (AvgIpc) is 2.14. The molecule has 1 unspecified atom stereocenters. The van der Waals surface area contributed by atoms with E-state index in [-0.39, 0.29) is 5.78 Å². The van der Waals surface area contributed by atoms with Crippen LogP contribution in [0.15, 0.2) is 10.5 Å². The zero-order valence-electron chi connectivity index (χ0n) is 9.52. The minimum atomic E-state index is -0.447. The maximum Gasteiger partial charge on any atom is 0.179 e. The lowest BCUT2D eigenvalue weighted by atomic mass is 9.94. The normalized spacial score (nSPS) is 12.7. The number of nitrogens with two attached hydrogens (primary N) is 1. The van der Waals surface area contributed by atoms with Gasteiger partial charge in [-0.2, -0.15) is 0 Å². The summed E-state index contributed by atoms with van der Waals surface area (Å²) in [7, 11) is 0. The van der Waals surface area contributed by atoms with Gasteiger partial charge in [0.25, 0.3) is 0 Å². The molecule has 1 aromatic carbocycles. The molecule has 0 aliphatic carbocycles. The van der Waals surface area contributed by atoms with Crippen molar-refractivity contribution >= 4 is 21.7 Å². The zero-order valence-corrected chi connectivity index (χ0v) is 11.1. The molecule has 1 atom stereocenters. The van der Waals surface area contributed by atoms with E-state index in [0.29, 0.717) is 0 Å². The highest BCUT2D eigenvalue weighted by molar-refractivity contribution is 9.10. The second kappa shape index (κ2) is 4.45. The monoisotopic (exact) mass is 269 g/mol. The predicted octanol–water partition coefficient (Wildman–Crippen LogP) is 2.90. The molecular formula is C12H16BrNO. The number of halogens is 1. The molecule has 0 spiro atoms. The molecule has 0 radical (unpaired) electrons. The molecule has 82 valence electrons. The van der Waals surface area contributed by atoms with Crippen LogP contribution in [0.1, 0.15) is 34.0 Å². The van der Waals surface area contributed by atoms with Crippen LogP contribution in [0.2, 0.25) is 0 Å². The summed E-state index contributed by atoms with van der Waals surface area (Å²) in [6, 6.07) is 1.56. The number of carbonyl (C=O) groups is 1. The van der Waals surface area contributed by atoms with Crippen LogP contribution in [0, 0.1) is 20.8 Å². The molecule has 0 aromatic heterocycles. The lowest BCUT2D eigenvalue weighted by molar-refractivity contribution is 0.0966. The summed E-state index contributed by atoms with van der Waals surface area (Å²) in [4.78, 5) is 11.9. The van der Waals surface area contributed by atoms with E-state index in [1.807, 2.05) is 26.8 Å². The van der Waals surface area contributed by atoms with Crippen LogP contribution < -0.4 is 5.73 Å². The van der Waals surface area contributed by atoms with Crippen molar-refractivity contribution in [3.05, 3.63) is 32.8 Å². The van der Waals surface area contributed by atoms with Crippen LogP contribution >= 0.6 is 15.9 Å². The van der Waals surface area contributed by atoms with E-state index in [9.17, 15) is 4.79 Å². The Morgan fingerprint density at radius 2 is 1.87 bits per heavy atom. The van der Waals surface area contributed by atoms with Gasteiger partial charge in [-0.1, -0.05) is 22.0 Å². The largest absolute Gasteiger partial charge is 0.321 e. The third-order valence-electron chi connectivity index (χ3n) is 2.54. The Morgan fingerprint density at radius 3 is 2.33 bits per heavy atom. The highest BCUT2D eigenvalue weighted by atomic mass is 79.9. The van der Waals surface area contributed by atoms with Crippen molar-refractivity contribution in [1.82, 2.24) is 0 Å². The number of rotatable bonds is 2. The molecule has 2 N–H and O–H groups in total. The number of Topliss-reactive ketones (excluding diaryl/α,β-unsaturated/α-hetero) is 1. The van der Waals surface area contributed by atoms with E-state index >= 15 is 0 Å². The fraction of sp³-hybridized carbons (Fsp3) is 0.417. The molecule has 1 rings (SSSR count). The van der Waals surface area contributed by atoms with Gasteiger partial charge in [0.05, 0.1) is 6.04 Å². The molecule has 0 aliphatic heterocycles. The van der Waals surface area contributed by atoms with Crippen molar-refractivity contribution in [2.45, 2.75) is 33.7 Å².